The summed E-state index contributed by atoms with van der Waals surface area (Å²) in [5, 5.41) is 17.3. The number of ether oxygens (including phenoxy) is 1. The van der Waals surface area contributed by atoms with Gasteiger partial charge in [0.05, 0.1) is 24.5 Å². The highest BCUT2D eigenvalue weighted by atomic mass is 16.5. The summed E-state index contributed by atoms with van der Waals surface area (Å²) in [7, 11) is 0. The Kier molecular flexibility index (Phi) is 12.2. The average Bonchev–Trinajstić information content (AvgIpc) is 4.00. The first-order chi connectivity index (χ1) is 34.0. The van der Waals surface area contributed by atoms with Crippen LogP contribution in [0.2, 0.25) is 0 Å². The van der Waals surface area contributed by atoms with Crippen LogP contribution in [0.15, 0.2) is 194 Å². The molecule has 0 radical (unpaired) electrons. The van der Waals surface area contributed by atoms with E-state index >= 15 is 0 Å². The molecule has 0 spiro atoms. The molecule has 0 fully saturated rings. The van der Waals surface area contributed by atoms with Crippen LogP contribution in [-0.4, -0.2) is 39.9 Å². The molecular weight excluding hydrogens is 849 g/mol. The van der Waals surface area contributed by atoms with Crippen LogP contribution in [0, 0.1) is 5.92 Å². The second-order valence-corrected chi connectivity index (χ2v) is 18.1. The number of hydrazine groups is 1. The maximum Gasteiger partial charge on any atom is 0.123 e. The number of rotatable bonds is 16. The Hall–Kier alpha value is -7.98. The lowest BCUT2D eigenvalue weighted by atomic mass is 9.93. The van der Waals surface area contributed by atoms with E-state index in [0.717, 1.165) is 98.2 Å². The Balaban J connectivity index is 1.05. The highest BCUT2D eigenvalue weighted by Gasteiger charge is 2.27. The minimum absolute atomic E-state index is 0.339. The predicted octanol–water partition coefficient (Wildman–Crippen LogP) is 16.0. The van der Waals surface area contributed by atoms with Gasteiger partial charge in [-0.05, 0) is 100 Å². The molecule has 9 nitrogen and oxygen atoms in total. The van der Waals surface area contributed by atoms with E-state index < -0.39 is 0 Å². The number of hydrogen-bond donors (Lipinski definition) is 1. The van der Waals surface area contributed by atoms with Gasteiger partial charge in [0, 0.05) is 57.9 Å². The molecule has 0 saturated carbocycles. The highest BCUT2D eigenvalue weighted by Crippen LogP contribution is 2.54. The van der Waals surface area contributed by atoms with Gasteiger partial charge in [-0.1, -0.05) is 166 Å². The zero-order valence-electron chi connectivity index (χ0n) is 39.3. The number of aromatic nitrogens is 3. The van der Waals surface area contributed by atoms with Crippen molar-refractivity contribution in [2.24, 2.45) is 5.92 Å². The summed E-state index contributed by atoms with van der Waals surface area (Å²) < 4.78 is 6.07. The van der Waals surface area contributed by atoms with Crippen molar-refractivity contribution < 1.29 is 4.74 Å². The van der Waals surface area contributed by atoms with Crippen molar-refractivity contribution in [3.63, 3.8) is 0 Å². The summed E-state index contributed by atoms with van der Waals surface area (Å²) >= 11 is 0. The standard InChI is InChI=1S/C60H55N8O/c1-4-5-39-69-40-38-65-61-57-55(45-30-34-49(35-31-45)67(47-22-8-6-9-23-47)53-28-16-20-43-18-12-14-26-51(43)53)59-60(64-66(63-59)41-42(2)3)56(58(57)62-65)46-32-36-50(37-33-46)68(48-24-10-7-11-25-48)54-29-17-21-44-19-13-15-27-52(44)54/h6-37,42,61H,4-5,38-41H2,1-3H3/q-1. The van der Waals surface area contributed by atoms with E-state index in [-0.39, 0.29) is 0 Å². The van der Waals surface area contributed by atoms with Crippen LogP contribution in [0.1, 0.15) is 33.6 Å². The molecule has 10 aromatic rings. The molecule has 0 amide bonds. The molecule has 1 aromatic heterocycles. The van der Waals surface area contributed by atoms with E-state index in [1.54, 1.807) is 0 Å². The van der Waals surface area contributed by atoms with Crippen molar-refractivity contribution >= 4 is 78.1 Å². The van der Waals surface area contributed by atoms with E-state index in [1.807, 2.05) is 9.91 Å². The molecule has 0 atom stereocenters. The van der Waals surface area contributed by atoms with Crippen molar-refractivity contribution in [3.8, 4) is 22.3 Å². The Morgan fingerprint density at radius 1 is 0.536 bits per heavy atom. The summed E-state index contributed by atoms with van der Waals surface area (Å²) in [6.45, 7) is 9.10. The number of para-hydroxylation sites is 2. The predicted molar refractivity (Wildman–Crippen MR) is 287 cm³/mol. The van der Waals surface area contributed by atoms with Crippen molar-refractivity contribution in [2.75, 3.05) is 35.0 Å². The monoisotopic (exact) mass is 903 g/mol. The Morgan fingerprint density at radius 3 is 1.55 bits per heavy atom. The molecule has 0 saturated heterocycles. The maximum atomic E-state index is 6.07. The van der Waals surface area contributed by atoms with Gasteiger partial charge in [0.25, 0.3) is 0 Å². The van der Waals surface area contributed by atoms with E-state index in [2.05, 4.69) is 230 Å². The number of nitrogens with zero attached hydrogens (tertiary/aromatic N) is 7. The number of nitrogens with one attached hydrogen (secondary N) is 1. The fraction of sp³-hybridized carbons (Fsp3) is 0.167. The van der Waals surface area contributed by atoms with Crippen molar-refractivity contribution in [2.45, 2.75) is 40.2 Å². The molecule has 2 heterocycles. The fourth-order valence-electron chi connectivity index (χ4n) is 9.58. The summed E-state index contributed by atoms with van der Waals surface area (Å²) in [4.78, 5) is 6.54. The highest BCUT2D eigenvalue weighted by molar-refractivity contribution is 6.15. The van der Waals surface area contributed by atoms with Crippen LogP contribution < -0.4 is 15.2 Å². The molecule has 0 aliphatic carbocycles. The molecule has 1 N–H and O–H groups in total. The molecule has 1 aliphatic heterocycles. The van der Waals surface area contributed by atoms with Gasteiger partial charge in [-0.15, -0.1) is 0 Å². The molecule has 1 aliphatic rings. The number of hydrogen-bond acceptors (Lipinski definition) is 7. The topological polar surface area (TPSA) is 75.8 Å². The largest absolute Gasteiger partial charge is 0.599 e. The van der Waals surface area contributed by atoms with Crippen LogP contribution in [0.3, 0.4) is 0 Å². The second kappa shape index (κ2) is 19.3. The first-order valence-corrected chi connectivity index (χ1v) is 24.2. The van der Waals surface area contributed by atoms with Gasteiger partial charge in [-0.25, -0.2) is 0 Å². The lowest BCUT2D eigenvalue weighted by molar-refractivity contribution is 0.118. The van der Waals surface area contributed by atoms with Gasteiger partial charge in [0.15, 0.2) is 0 Å². The van der Waals surface area contributed by atoms with Gasteiger partial charge in [-0.3, -0.25) is 5.12 Å². The van der Waals surface area contributed by atoms with Crippen LogP contribution in [-0.2, 0) is 11.3 Å². The van der Waals surface area contributed by atoms with Crippen LogP contribution in [0.4, 0.5) is 45.5 Å². The quantitative estimate of drug-likeness (QED) is 0.0968. The lowest BCUT2D eigenvalue weighted by Crippen LogP contribution is -2.25. The SMILES string of the molecule is CCCCOCCN1[N-]c2c(c(-c3ccc(N(c4ccccc4)c4cccc5ccccc45)cc3)c3nn(CC(C)C)nc3c2-c2ccc(N(c3ccccc3)c3cccc4ccccc34)cc2)N1. The molecule has 0 bridgehead atoms. The molecule has 0 unspecified atom stereocenters. The number of benzene rings is 9. The summed E-state index contributed by atoms with van der Waals surface area (Å²) in [5.74, 6) is 0.339. The summed E-state index contributed by atoms with van der Waals surface area (Å²) in [6, 6.07) is 69.0. The van der Waals surface area contributed by atoms with Gasteiger partial charge in [0.2, 0.25) is 0 Å². The normalized spacial score (nSPS) is 12.4. The summed E-state index contributed by atoms with van der Waals surface area (Å²) in [5.41, 5.74) is 22.8. The van der Waals surface area contributed by atoms with Gasteiger partial charge in [-0.2, -0.15) is 15.0 Å². The third-order valence-corrected chi connectivity index (χ3v) is 12.8. The van der Waals surface area contributed by atoms with E-state index in [9.17, 15) is 0 Å². The maximum absolute atomic E-state index is 6.07. The van der Waals surface area contributed by atoms with E-state index in [0.29, 0.717) is 25.6 Å². The minimum atomic E-state index is 0.339. The minimum Gasteiger partial charge on any atom is -0.599 e. The van der Waals surface area contributed by atoms with Crippen LogP contribution in [0.5, 0.6) is 0 Å². The van der Waals surface area contributed by atoms with Gasteiger partial charge < -0.3 is 25.4 Å². The van der Waals surface area contributed by atoms with Gasteiger partial charge in [0.1, 0.15) is 11.0 Å². The smallest absolute Gasteiger partial charge is 0.123 e. The summed E-state index contributed by atoms with van der Waals surface area (Å²) in [6.07, 6.45) is 2.11. The molecule has 342 valence electrons. The molecular formula is C60H55N8O-. The van der Waals surface area contributed by atoms with Crippen LogP contribution in [0.25, 0.3) is 60.3 Å². The molecule has 9 aromatic carbocycles. The first-order valence-electron chi connectivity index (χ1n) is 24.2. The fourth-order valence-corrected chi connectivity index (χ4v) is 9.58. The Morgan fingerprint density at radius 2 is 1.01 bits per heavy atom. The molecule has 11 rings (SSSR count). The number of fused-ring (bicyclic) bond motifs is 4. The molecule has 9 heteroatoms. The third-order valence-electron chi connectivity index (χ3n) is 12.8. The Labute approximate surface area is 404 Å². The van der Waals surface area contributed by atoms with Crippen molar-refractivity contribution in [1.82, 2.24) is 20.1 Å². The van der Waals surface area contributed by atoms with Crippen molar-refractivity contribution in [1.29, 1.82) is 0 Å². The van der Waals surface area contributed by atoms with Crippen molar-refractivity contribution in [3.05, 3.63) is 200 Å². The lowest BCUT2D eigenvalue weighted by Gasteiger charge is -2.30. The first kappa shape index (κ1) is 43.6. The Bertz CT molecular complexity index is 3150. The average molecular weight is 904 g/mol. The zero-order chi connectivity index (χ0) is 46.7. The number of unbranched alkanes of at least 4 members (excludes halogenated alkanes) is 1. The molecule has 69 heavy (non-hydrogen) atoms. The zero-order valence-corrected chi connectivity index (χ0v) is 39.3. The third kappa shape index (κ3) is 8.63. The number of anilines is 7. The van der Waals surface area contributed by atoms with E-state index in [4.69, 9.17) is 20.4 Å². The second-order valence-electron chi connectivity index (χ2n) is 18.1. The van der Waals surface area contributed by atoms with Crippen LogP contribution >= 0.6 is 0 Å². The van der Waals surface area contributed by atoms with Gasteiger partial charge >= 0.3 is 0 Å². The van der Waals surface area contributed by atoms with E-state index in [1.165, 1.54) is 21.5 Å².